The monoisotopic (exact) mass is 242 g/mol. The van der Waals surface area contributed by atoms with Crippen LogP contribution in [-0.2, 0) is 15.6 Å². The van der Waals surface area contributed by atoms with E-state index in [1.54, 1.807) is 26.0 Å². The van der Waals surface area contributed by atoms with Crippen molar-refractivity contribution in [2.24, 2.45) is 0 Å². The van der Waals surface area contributed by atoms with Gasteiger partial charge in [-0.2, -0.15) is 0 Å². The summed E-state index contributed by atoms with van der Waals surface area (Å²) < 4.78 is 22.8. The zero-order valence-electron chi connectivity index (χ0n) is 9.23. The number of carbonyl (C=O) groups is 1. The minimum atomic E-state index is -3.12. The largest absolute Gasteiger partial charge is 0.478 e. The molecule has 0 fully saturated rings. The lowest BCUT2D eigenvalue weighted by atomic mass is 10.1. The molecule has 0 aliphatic heterocycles. The molecule has 0 bridgehead atoms. The van der Waals surface area contributed by atoms with Gasteiger partial charge >= 0.3 is 5.97 Å². The van der Waals surface area contributed by atoms with Crippen molar-refractivity contribution < 1.29 is 18.3 Å². The van der Waals surface area contributed by atoms with Crippen molar-refractivity contribution in [3.8, 4) is 0 Å². The second-order valence-corrected chi connectivity index (χ2v) is 5.98. The second kappa shape index (κ2) is 4.65. The number of carboxylic acids is 1. The van der Waals surface area contributed by atoms with Crippen LogP contribution < -0.4 is 0 Å². The van der Waals surface area contributed by atoms with Gasteiger partial charge in [0, 0.05) is 5.75 Å². The van der Waals surface area contributed by atoms with Crippen molar-refractivity contribution >= 4 is 15.8 Å². The summed E-state index contributed by atoms with van der Waals surface area (Å²) in [5, 5.41) is 8.90. The third-order valence-corrected chi connectivity index (χ3v) is 4.01. The maximum absolute atomic E-state index is 11.4. The fourth-order valence-corrected chi connectivity index (χ4v) is 2.24. The van der Waals surface area contributed by atoms with Gasteiger partial charge < -0.3 is 5.11 Å². The van der Waals surface area contributed by atoms with Crippen molar-refractivity contribution in [3.05, 3.63) is 34.9 Å². The van der Waals surface area contributed by atoms with Crippen molar-refractivity contribution in [2.75, 3.05) is 5.75 Å². The lowest BCUT2D eigenvalue weighted by molar-refractivity contribution is 0.0696. The SMILES string of the molecule is CCS(=O)(=O)Cc1ccc(C)c(C(=O)O)c1. The molecule has 0 unspecified atom stereocenters. The van der Waals surface area contributed by atoms with Crippen LogP contribution in [0, 0.1) is 6.92 Å². The number of hydrogen-bond acceptors (Lipinski definition) is 3. The van der Waals surface area contributed by atoms with E-state index in [1.165, 1.54) is 6.07 Å². The topological polar surface area (TPSA) is 71.4 Å². The van der Waals surface area contributed by atoms with Gasteiger partial charge in [-0.25, -0.2) is 13.2 Å². The zero-order chi connectivity index (χ0) is 12.3. The van der Waals surface area contributed by atoms with E-state index < -0.39 is 15.8 Å². The average Bonchev–Trinajstić information content (AvgIpc) is 2.20. The minimum Gasteiger partial charge on any atom is -0.478 e. The van der Waals surface area contributed by atoms with Crippen LogP contribution in [-0.4, -0.2) is 25.2 Å². The van der Waals surface area contributed by atoms with Crippen molar-refractivity contribution in [3.63, 3.8) is 0 Å². The van der Waals surface area contributed by atoms with Crippen LogP contribution in [0.5, 0.6) is 0 Å². The number of carboxylic acid groups (broad SMARTS) is 1. The third-order valence-electron chi connectivity index (χ3n) is 2.36. The molecule has 0 saturated heterocycles. The predicted octanol–water partition coefficient (Wildman–Crippen LogP) is 1.63. The van der Waals surface area contributed by atoms with Crippen LogP contribution >= 0.6 is 0 Å². The highest BCUT2D eigenvalue weighted by Gasteiger charge is 2.12. The molecule has 1 aromatic carbocycles. The molecule has 0 aromatic heterocycles. The van der Waals surface area contributed by atoms with E-state index in [9.17, 15) is 13.2 Å². The molecule has 1 aromatic rings. The minimum absolute atomic E-state index is 0.0588. The summed E-state index contributed by atoms with van der Waals surface area (Å²) in [6.07, 6.45) is 0. The van der Waals surface area contributed by atoms with E-state index in [0.29, 0.717) is 11.1 Å². The first-order valence-corrected chi connectivity index (χ1v) is 6.71. The van der Waals surface area contributed by atoms with Crippen molar-refractivity contribution in [2.45, 2.75) is 19.6 Å². The van der Waals surface area contributed by atoms with Crippen LogP contribution in [0.25, 0.3) is 0 Å². The van der Waals surface area contributed by atoms with Gasteiger partial charge in [0.15, 0.2) is 9.84 Å². The molecule has 0 saturated carbocycles. The Labute approximate surface area is 94.8 Å². The molecule has 88 valence electrons. The molecular formula is C11H14O4S. The van der Waals surface area contributed by atoms with E-state index in [1.807, 2.05) is 0 Å². The Balaban J connectivity index is 3.09. The molecule has 1 N–H and O–H groups in total. The molecule has 0 aliphatic rings. The Morgan fingerprint density at radius 2 is 2.00 bits per heavy atom. The lowest BCUT2D eigenvalue weighted by Crippen LogP contribution is -2.08. The molecule has 0 spiro atoms. The van der Waals surface area contributed by atoms with Gasteiger partial charge in [0.25, 0.3) is 0 Å². The first kappa shape index (κ1) is 12.7. The molecule has 1 rings (SSSR count). The number of aromatic carboxylic acids is 1. The average molecular weight is 242 g/mol. The first-order valence-electron chi connectivity index (χ1n) is 4.89. The van der Waals surface area contributed by atoms with Gasteiger partial charge in [0.2, 0.25) is 0 Å². The third kappa shape index (κ3) is 3.06. The standard InChI is InChI=1S/C11H14O4S/c1-3-16(14,15)7-9-5-4-8(2)10(6-9)11(12)13/h4-6H,3,7H2,1-2H3,(H,12,13). The summed E-state index contributed by atoms with van der Waals surface area (Å²) in [5.41, 5.74) is 1.30. The number of hydrogen-bond donors (Lipinski definition) is 1. The Kier molecular flexibility index (Phi) is 3.70. The highest BCUT2D eigenvalue weighted by molar-refractivity contribution is 7.90. The maximum Gasteiger partial charge on any atom is 0.335 e. The Morgan fingerprint density at radius 1 is 1.38 bits per heavy atom. The Hall–Kier alpha value is -1.36. The van der Waals surface area contributed by atoms with E-state index in [4.69, 9.17) is 5.11 Å². The fraction of sp³-hybridized carbons (Fsp3) is 0.364. The second-order valence-electron chi connectivity index (χ2n) is 3.63. The van der Waals surface area contributed by atoms with E-state index in [0.717, 1.165) is 0 Å². The predicted molar refractivity (Wildman–Crippen MR) is 61.3 cm³/mol. The number of rotatable bonds is 4. The summed E-state index contributed by atoms with van der Waals surface area (Å²) in [5.74, 6) is -1.08. The van der Waals surface area contributed by atoms with Crippen LogP contribution in [0.4, 0.5) is 0 Å². The van der Waals surface area contributed by atoms with E-state index >= 15 is 0 Å². The van der Waals surface area contributed by atoms with Crippen LogP contribution in [0.1, 0.15) is 28.4 Å². The smallest absolute Gasteiger partial charge is 0.335 e. The normalized spacial score (nSPS) is 11.4. The fourth-order valence-electron chi connectivity index (χ4n) is 1.35. The molecule has 16 heavy (non-hydrogen) atoms. The lowest BCUT2D eigenvalue weighted by Gasteiger charge is -2.05. The highest BCUT2D eigenvalue weighted by Crippen LogP contribution is 2.14. The van der Waals surface area contributed by atoms with Gasteiger partial charge in [-0.3, -0.25) is 0 Å². The highest BCUT2D eigenvalue weighted by atomic mass is 32.2. The summed E-state index contributed by atoms with van der Waals surface area (Å²) >= 11 is 0. The summed E-state index contributed by atoms with van der Waals surface area (Å²) in [7, 11) is -3.12. The van der Waals surface area contributed by atoms with Gasteiger partial charge in [0.05, 0.1) is 11.3 Å². The molecular weight excluding hydrogens is 228 g/mol. The van der Waals surface area contributed by atoms with Gasteiger partial charge in [-0.15, -0.1) is 0 Å². The number of sulfone groups is 1. The molecule has 0 atom stereocenters. The number of benzene rings is 1. The maximum atomic E-state index is 11.4. The van der Waals surface area contributed by atoms with Crippen LogP contribution in [0.15, 0.2) is 18.2 Å². The van der Waals surface area contributed by atoms with Crippen LogP contribution in [0.2, 0.25) is 0 Å². The molecule has 0 heterocycles. The molecule has 0 aliphatic carbocycles. The first-order chi connectivity index (χ1) is 7.35. The summed E-state index contributed by atoms with van der Waals surface area (Å²) in [6, 6.07) is 4.70. The van der Waals surface area contributed by atoms with Gasteiger partial charge in [0.1, 0.15) is 0 Å². The quantitative estimate of drug-likeness (QED) is 0.871. The molecule has 4 nitrogen and oxygen atoms in total. The number of aryl methyl sites for hydroxylation is 1. The Bertz CT molecular complexity index is 503. The van der Waals surface area contributed by atoms with Crippen LogP contribution in [0.3, 0.4) is 0 Å². The van der Waals surface area contributed by atoms with E-state index in [-0.39, 0.29) is 17.1 Å². The summed E-state index contributed by atoms with van der Waals surface area (Å²) in [4.78, 5) is 10.9. The molecule has 0 radical (unpaired) electrons. The zero-order valence-corrected chi connectivity index (χ0v) is 10.0. The Morgan fingerprint density at radius 3 is 2.50 bits per heavy atom. The molecule has 5 heteroatoms. The molecule has 0 amide bonds. The van der Waals surface area contributed by atoms with Crippen molar-refractivity contribution in [1.29, 1.82) is 0 Å². The van der Waals surface area contributed by atoms with E-state index in [2.05, 4.69) is 0 Å². The van der Waals surface area contributed by atoms with Gasteiger partial charge in [-0.1, -0.05) is 19.1 Å². The van der Waals surface area contributed by atoms with Crippen molar-refractivity contribution in [1.82, 2.24) is 0 Å². The summed E-state index contributed by atoms with van der Waals surface area (Å²) in [6.45, 7) is 3.25. The van der Waals surface area contributed by atoms with Gasteiger partial charge in [-0.05, 0) is 24.1 Å².